The number of hydrogen-bond donors (Lipinski definition) is 1. The van der Waals surface area contributed by atoms with Crippen LogP contribution in [0.5, 0.6) is 0 Å². The molecule has 0 spiro atoms. The molecule has 1 aromatic heterocycles. The Labute approximate surface area is 126 Å². The third kappa shape index (κ3) is 3.17. The lowest BCUT2D eigenvalue weighted by molar-refractivity contribution is -0.385. The standard InChI is InChI=1S/C14H14N4O2S/c1-8-14(21-10(3)16-8)9(2)17-12-5-4-11(7-15)13(6-12)18(19)20/h4-6,9,17H,1-3H3. The van der Waals surface area contributed by atoms with Crippen molar-refractivity contribution in [3.05, 3.63) is 49.5 Å². The summed E-state index contributed by atoms with van der Waals surface area (Å²) in [7, 11) is 0. The van der Waals surface area contributed by atoms with Crippen molar-refractivity contribution in [2.75, 3.05) is 5.32 Å². The summed E-state index contributed by atoms with van der Waals surface area (Å²) < 4.78 is 0. The molecule has 1 atom stereocenters. The zero-order valence-corrected chi connectivity index (χ0v) is 12.7. The molecule has 0 bridgehead atoms. The van der Waals surface area contributed by atoms with Crippen LogP contribution in [0.3, 0.4) is 0 Å². The Morgan fingerprint density at radius 2 is 2.19 bits per heavy atom. The molecule has 1 N–H and O–H groups in total. The summed E-state index contributed by atoms with van der Waals surface area (Å²) in [4.78, 5) is 15.9. The van der Waals surface area contributed by atoms with E-state index in [1.165, 1.54) is 12.1 Å². The first kappa shape index (κ1) is 14.9. The summed E-state index contributed by atoms with van der Waals surface area (Å²) in [5, 5.41) is 24.0. The number of nitriles is 1. The van der Waals surface area contributed by atoms with Gasteiger partial charge in [0.2, 0.25) is 0 Å². The van der Waals surface area contributed by atoms with Crippen LogP contribution in [0.4, 0.5) is 11.4 Å². The molecular weight excluding hydrogens is 288 g/mol. The van der Waals surface area contributed by atoms with Crippen LogP contribution in [0.15, 0.2) is 18.2 Å². The number of aryl methyl sites for hydroxylation is 2. The van der Waals surface area contributed by atoms with Crippen molar-refractivity contribution >= 4 is 22.7 Å². The fraction of sp³-hybridized carbons (Fsp3) is 0.286. The molecule has 0 fully saturated rings. The van der Waals surface area contributed by atoms with E-state index in [2.05, 4.69) is 10.3 Å². The molecule has 1 heterocycles. The summed E-state index contributed by atoms with van der Waals surface area (Å²) >= 11 is 1.60. The van der Waals surface area contributed by atoms with Gasteiger partial charge in [-0.25, -0.2) is 4.98 Å². The maximum Gasteiger partial charge on any atom is 0.289 e. The Kier molecular flexibility index (Phi) is 4.19. The lowest BCUT2D eigenvalue weighted by atomic mass is 10.1. The van der Waals surface area contributed by atoms with E-state index in [1.54, 1.807) is 17.4 Å². The molecule has 0 aliphatic carbocycles. The van der Waals surface area contributed by atoms with E-state index in [0.717, 1.165) is 15.6 Å². The van der Waals surface area contributed by atoms with Crippen molar-refractivity contribution < 1.29 is 4.92 Å². The number of benzene rings is 1. The molecule has 0 saturated carbocycles. The molecule has 2 rings (SSSR count). The van der Waals surface area contributed by atoms with Gasteiger partial charge in [-0.1, -0.05) is 0 Å². The molecule has 108 valence electrons. The monoisotopic (exact) mass is 302 g/mol. The predicted molar refractivity (Wildman–Crippen MR) is 81.4 cm³/mol. The second kappa shape index (κ2) is 5.89. The molecule has 0 amide bonds. The van der Waals surface area contributed by atoms with Crippen molar-refractivity contribution in [1.29, 1.82) is 5.26 Å². The number of anilines is 1. The minimum atomic E-state index is -0.545. The van der Waals surface area contributed by atoms with Crippen molar-refractivity contribution in [3.63, 3.8) is 0 Å². The second-order valence-corrected chi connectivity index (χ2v) is 5.88. The van der Waals surface area contributed by atoms with Crippen LogP contribution < -0.4 is 5.32 Å². The summed E-state index contributed by atoms with van der Waals surface area (Å²) in [5.74, 6) is 0. The lowest BCUT2D eigenvalue weighted by Crippen LogP contribution is -2.07. The Morgan fingerprint density at radius 1 is 1.48 bits per heavy atom. The van der Waals surface area contributed by atoms with Gasteiger partial charge in [0.25, 0.3) is 5.69 Å². The number of hydrogen-bond acceptors (Lipinski definition) is 6. The highest BCUT2D eigenvalue weighted by atomic mass is 32.1. The quantitative estimate of drug-likeness (QED) is 0.686. The van der Waals surface area contributed by atoms with Crippen molar-refractivity contribution in [1.82, 2.24) is 4.98 Å². The van der Waals surface area contributed by atoms with Gasteiger partial charge in [-0.15, -0.1) is 11.3 Å². The first-order valence-electron chi connectivity index (χ1n) is 6.31. The summed E-state index contributed by atoms with van der Waals surface area (Å²) in [6, 6.07) is 6.33. The van der Waals surface area contributed by atoms with Crippen LogP contribution in [-0.4, -0.2) is 9.91 Å². The van der Waals surface area contributed by atoms with E-state index in [1.807, 2.05) is 26.8 Å². The second-order valence-electron chi connectivity index (χ2n) is 4.65. The minimum Gasteiger partial charge on any atom is -0.377 e. The van der Waals surface area contributed by atoms with E-state index >= 15 is 0 Å². The first-order valence-corrected chi connectivity index (χ1v) is 7.13. The van der Waals surface area contributed by atoms with Crippen molar-refractivity contribution in [2.24, 2.45) is 0 Å². The van der Waals surface area contributed by atoms with Gasteiger partial charge in [0.1, 0.15) is 11.6 Å². The highest BCUT2D eigenvalue weighted by Gasteiger charge is 2.17. The van der Waals surface area contributed by atoms with E-state index in [0.29, 0.717) is 5.69 Å². The maximum atomic E-state index is 11.0. The molecular formula is C14H14N4O2S. The van der Waals surface area contributed by atoms with E-state index in [-0.39, 0.29) is 17.3 Å². The van der Waals surface area contributed by atoms with Crippen LogP contribution in [0.2, 0.25) is 0 Å². The van der Waals surface area contributed by atoms with Crippen LogP contribution in [0.1, 0.15) is 34.1 Å². The smallest absolute Gasteiger partial charge is 0.289 e. The number of rotatable bonds is 4. The molecule has 1 unspecified atom stereocenters. The fourth-order valence-corrected chi connectivity index (χ4v) is 3.06. The van der Waals surface area contributed by atoms with E-state index in [4.69, 9.17) is 5.26 Å². The predicted octanol–water partition coefficient (Wildman–Crippen LogP) is 3.71. The highest BCUT2D eigenvalue weighted by Crippen LogP contribution is 2.29. The molecule has 2 aromatic rings. The van der Waals surface area contributed by atoms with E-state index < -0.39 is 4.92 Å². The number of thiazole rings is 1. The normalized spacial score (nSPS) is 11.7. The SMILES string of the molecule is Cc1nc(C)c(C(C)Nc2ccc(C#N)c([N+](=O)[O-])c2)s1. The van der Waals surface area contributed by atoms with Crippen LogP contribution >= 0.6 is 11.3 Å². The third-order valence-corrected chi connectivity index (χ3v) is 4.29. The number of nitro benzene ring substituents is 1. The van der Waals surface area contributed by atoms with Gasteiger partial charge in [-0.3, -0.25) is 10.1 Å². The highest BCUT2D eigenvalue weighted by molar-refractivity contribution is 7.11. The van der Waals surface area contributed by atoms with Crippen LogP contribution in [0, 0.1) is 35.3 Å². The third-order valence-electron chi connectivity index (χ3n) is 3.03. The Balaban J connectivity index is 2.28. The summed E-state index contributed by atoms with van der Waals surface area (Å²) in [6.07, 6.45) is 0. The molecule has 7 heteroatoms. The van der Waals surface area contributed by atoms with Gasteiger partial charge in [0.15, 0.2) is 0 Å². The minimum absolute atomic E-state index is 0.0104. The summed E-state index contributed by atoms with van der Waals surface area (Å²) in [5.41, 5.74) is 1.44. The summed E-state index contributed by atoms with van der Waals surface area (Å²) in [6.45, 7) is 5.86. The van der Waals surface area contributed by atoms with Gasteiger partial charge in [-0.2, -0.15) is 5.26 Å². The molecule has 0 aliphatic heterocycles. The molecule has 6 nitrogen and oxygen atoms in total. The zero-order valence-electron chi connectivity index (χ0n) is 11.9. The fourth-order valence-electron chi connectivity index (χ4n) is 2.13. The number of nitrogens with one attached hydrogen (secondary N) is 1. The van der Waals surface area contributed by atoms with Crippen LogP contribution in [0.25, 0.3) is 0 Å². The largest absolute Gasteiger partial charge is 0.377 e. The topological polar surface area (TPSA) is 91.8 Å². The number of nitro groups is 1. The van der Waals surface area contributed by atoms with Crippen molar-refractivity contribution in [3.8, 4) is 6.07 Å². The zero-order chi connectivity index (χ0) is 15.6. The Hall–Kier alpha value is -2.46. The number of aromatic nitrogens is 1. The number of nitrogens with zero attached hydrogens (tertiary/aromatic N) is 3. The van der Waals surface area contributed by atoms with Gasteiger partial charge >= 0.3 is 0 Å². The molecule has 0 radical (unpaired) electrons. The lowest BCUT2D eigenvalue weighted by Gasteiger charge is -2.14. The van der Waals surface area contributed by atoms with Gasteiger partial charge in [0.05, 0.1) is 21.7 Å². The van der Waals surface area contributed by atoms with Gasteiger partial charge < -0.3 is 5.32 Å². The molecule has 0 saturated heterocycles. The van der Waals surface area contributed by atoms with Gasteiger partial charge in [0, 0.05) is 16.6 Å². The van der Waals surface area contributed by atoms with Crippen molar-refractivity contribution in [2.45, 2.75) is 26.8 Å². The Morgan fingerprint density at radius 3 is 2.71 bits per heavy atom. The maximum absolute atomic E-state index is 11.0. The van der Waals surface area contributed by atoms with Crippen LogP contribution in [-0.2, 0) is 0 Å². The molecule has 21 heavy (non-hydrogen) atoms. The molecule has 1 aromatic carbocycles. The van der Waals surface area contributed by atoms with E-state index in [9.17, 15) is 10.1 Å². The Bertz CT molecular complexity index is 733. The first-order chi connectivity index (χ1) is 9.92. The average molecular weight is 302 g/mol. The molecule has 0 aliphatic rings. The van der Waals surface area contributed by atoms with Gasteiger partial charge in [-0.05, 0) is 32.9 Å². The average Bonchev–Trinajstić information content (AvgIpc) is 2.77.